The quantitative estimate of drug-likeness (QED) is 0.661. The number of hydrogen-bond acceptors (Lipinski definition) is 4. The van der Waals surface area contributed by atoms with Crippen molar-refractivity contribution in [2.45, 2.75) is 12.8 Å². The maximum absolute atomic E-state index is 11.4. The van der Waals surface area contributed by atoms with E-state index in [-0.39, 0.29) is 5.75 Å². The third-order valence-electron chi connectivity index (χ3n) is 2.09. The van der Waals surface area contributed by atoms with Gasteiger partial charge in [-0.1, -0.05) is 0 Å². The molecule has 0 aliphatic rings. The zero-order valence-corrected chi connectivity index (χ0v) is 10.2. The summed E-state index contributed by atoms with van der Waals surface area (Å²) in [7, 11) is -1.34. The number of aromatic nitrogens is 2. The molecule has 0 saturated heterocycles. The highest BCUT2D eigenvalue weighted by atomic mass is 32.2. The number of hydrogen-bond donors (Lipinski definition) is 2. The summed E-state index contributed by atoms with van der Waals surface area (Å²) in [5, 5.41) is 4.15. The average Bonchev–Trinajstić information content (AvgIpc) is 2.61. The predicted octanol–water partition coefficient (Wildman–Crippen LogP) is -0.769. The van der Waals surface area contributed by atoms with Crippen LogP contribution in [0.5, 0.6) is 0 Å². The molecule has 16 heavy (non-hydrogen) atoms. The van der Waals surface area contributed by atoms with Crippen LogP contribution in [0.3, 0.4) is 0 Å². The van der Waals surface area contributed by atoms with Gasteiger partial charge < -0.3 is 5.73 Å². The van der Waals surface area contributed by atoms with Crippen LogP contribution in [-0.4, -0.2) is 37.0 Å². The molecule has 0 unspecified atom stereocenters. The number of nitrogens with two attached hydrogens (primary N) is 1. The summed E-state index contributed by atoms with van der Waals surface area (Å²) in [5.74, 6) is 0.0890. The standard InChI is InChI=1S/C9H18N4O2S/c1-13-7-4-9(12-13)3-6-11-16(14,15)8-2-5-10/h4,7,11H,2-3,5-6,8,10H2,1H3. The highest BCUT2D eigenvalue weighted by molar-refractivity contribution is 7.89. The molecule has 1 heterocycles. The smallest absolute Gasteiger partial charge is 0.211 e. The third kappa shape index (κ3) is 4.73. The van der Waals surface area contributed by atoms with Gasteiger partial charge in [-0.15, -0.1) is 0 Å². The molecule has 1 aromatic heterocycles. The minimum atomic E-state index is -3.17. The minimum absolute atomic E-state index is 0.0890. The van der Waals surface area contributed by atoms with Crippen molar-refractivity contribution in [3.05, 3.63) is 18.0 Å². The van der Waals surface area contributed by atoms with Crippen LogP contribution in [0.25, 0.3) is 0 Å². The van der Waals surface area contributed by atoms with E-state index < -0.39 is 10.0 Å². The van der Waals surface area contributed by atoms with Crippen LogP contribution in [0.15, 0.2) is 12.3 Å². The number of aryl methyl sites for hydroxylation is 1. The lowest BCUT2D eigenvalue weighted by molar-refractivity contribution is 0.578. The molecule has 0 spiro atoms. The van der Waals surface area contributed by atoms with E-state index in [4.69, 9.17) is 5.73 Å². The average molecular weight is 246 g/mol. The molecular weight excluding hydrogens is 228 g/mol. The summed E-state index contributed by atoms with van der Waals surface area (Å²) in [6.07, 6.45) is 2.92. The first-order valence-electron chi connectivity index (χ1n) is 5.19. The van der Waals surface area contributed by atoms with Crippen LogP contribution in [0.1, 0.15) is 12.1 Å². The Morgan fingerprint density at radius 3 is 2.88 bits per heavy atom. The number of rotatable bonds is 7. The second-order valence-corrected chi connectivity index (χ2v) is 5.51. The van der Waals surface area contributed by atoms with Gasteiger partial charge >= 0.3 is 0 Å². The summed E-state index contributed by atoms with van der Waals surface area (Å²) in [5.41, 5.74) is 6.13. The van der Waals surface area contributed by atoms with Crippen molar-refractivity contribution in [3.8, 4) is 0 Å². The number of sulfonamides is 1. The lowest BCUT2D eigenvalue weighted by Crippen LogP contribution is -2.29. The monoisotopic (exact) mass is 246 g/mol. The molecule has 7 heteroatoms. The topological polar surface area (TPSA) is 90.0 Å². The van der Waals surface area contributed by atoms with Crippen molar-refractivity contribution in [3.63, 3.8) is 0 Å². The molecule has 0 radical (unpaired) electrons. The summed E-state index contributed by atoms with van der Waals surface area (Å²) in [4.78, 5) is 0. The molecular formula is C9H18N4O2S. The Kier molecular flexibility index (Phi) is 4.91. The van der Waals surface area contributed by atoms with Crippen molar-refractivity contribution in [2.75, 3.05) is 18.8 Å². The van der Waals surface area contributed by atoms with Gasteiger partial charge in [0.05, 0.1) is 11.4 Å². The summed E-state index contributed by atoms with van der Waals surface area (Å²) in [6, 6.07) is 1.87. The molecule has 0 saturated carbocycles. The minimum Gasteiger partial charge on any atom is -0.330 e. The van der Waals surface area contributed by atoms with Gasteiger partial charge in [-0.3, -0.25) is 4.68 Å². The molecule has 0 amide bonds. The van der Waals surface area contributed by atoms with Crippen LogP contribution in [0.2, 0.25) is 0 Å². The second kappa shape index (κ2) is 5.97. The fraction of sp³-hybridized carbons (Fsp3) is 0.667. The molecule has 0 aliphatic heterocycles. The van der Waals surface area contributed by atoms with Crippen molar-refractivity contribution in [1.29, 1.82) is 0 Å². The number of nitrogens with one attached hydrogen (secondary N) is 1. The van der Waals surface area contributed by atoms with E-state index in [9.17, 15) is 8.42 Å². The Balaban J connectivity index is 2.29. The lowest BCUT2D eigenvalue weighted by atomic mass is 10.3. The second-order valence-electron chi connectivity index (χ2n) is 3.59. The first kappa shape index (κ1) is 13.1. The van der Waals surface area contributed by atoms with E-state index >= 15 is 0 Å². The maximum Gasteiger partial charge on any atom is 0.211 e. The van der Waals surface area contributed by atoms with Gasteiger partial charge in [0.1, 0.15) is 0 Å². The molecule has 1 rings (SSSR count). The zero-order chi connectivity index (χ0) is 12.0. The molecule has 1 aromatic rings. The number of nitrogens with zero attached hydrogens (tertiary/aromatic N) is 2. The zero-order valence-electron chi connectivity index (χ0n) is 9.39. The van der Waals surface area contributed by atoms with E-state index in [1.165, 1.54) is 0 Å². The van der Waals surface area contributed by atoms with E-state index in [0.717, 1.165) is 5.69 Å². The maximum atomic E-state index is 11.4. The van der Waals surface area contributed by atoms with Gasteiger partial charge in [0, 0.05) is 26.2 Å². The van der Waals surface area contributed by atoms with Crippen molar-refractivity contribution < 1.29 is 8.42 Å². The Labute approximate surface area is 95.9 Å². The van der Waals surface area contributed by atoms with E-state index in [1.54, 1.807) is 4.68 Å². The Morgan fingerprint density at radius 2 is 2.31 bits per heavy atom. The Morgan fingerprint density at radius 1 is 1.56 bits per heavy atom. The molecule has 0 aliphatic carbocycles. The van der Waals surface area contributed by atoms with Crippen molar-refractivity contribution in [1.82, 2.24) is 14.5 Å². The van der Waals surface area contributed by atoms with Crippen LogP contribution in [0, 0.1) is 0 Å². The fourth-order valence-corrected chi connectivity index (χ4v) is 2.38. The molecule has 0 bridgehead atoms. The normalized spacial score (nSPS) is 11.9. The first-order chi connectivity index (χ1) is 7.53. The molecule has 0 fully saturated rings. The Bertz CT molecular complexity index is 413. The van der Waals surface area contributed by atoms with E-state index in [1.807, 2.05) is 19.3 Å². The van der Waals surface area contributed by atoms with Crippen LogP contribution >= 0.6 is 0 Å². The SMILES string of the molecule is Cn1ccc(CCNS(=O)(=O)CCCN)n1. The first-order valence-corrected chi connectivity index (χ1v) is 6.84. The third-order valence-corrected chi connectivity index (χ3v) is 3.56. The molecule has 0 aromatic carbocycles. The fourth-order valence-electron chi connectivity index (χ4n) is 1.28. The lowest BCUT2D eigenvalue weighted by Gasteiger charge is -2.04. The molecule has 92 valence electrons. The summed E-state index contributed by atoms with van der Waals surface area (Å²) < 4.78 is 27.0. The van der Waals surface area contributed by atoms with Gasteiger partial charge in [-0.05, 0) is 19.0 Å². The van der Waals surface area contributed by atoms with Gasteiger partial charge in [0.2, 0.25) is 10.0 Å². The van der Waals surface area contributed by atoms with E-state index in [0.29, 0.717) is 25.9 Å². The summed E-state index contributed by atoms with van der Waals surface area (Å²) in [6.45, 7) is 0.769. The summed E-state index contributed by atoms with van der Waals surface area (Å²) >= 11 is 0. The van der Waals surface area contributed by atoms with Gasteiger partial charge in [0.15, 0.2) is 0 Å². The molecule has 6 nitrogen and oxygen atoms in total. The van der Waals surface area contributed by atoms with Crippen LogP contribution < -0.4 is 10.5 Å². The van der Waals surface area contributed by atoms with Gasteiger partial charge in [-0.25, -0.2) is 13.1 Å². The highest BCUT2D eigenvalue weighted by Gasteiger charge is 2.08. The van der Waals surface area contributed by atoms with Crippen LogP contribution in [-0.2, 0) is 23.5 Å². The predicted molar refractivity (Wildman–Crippen MR) is 62.4 cm³/mol. The highest BCUT2D eigenvalue weighted by Crippen LogP contribution is 1.95. The largest absolute Gasteiger partial charge is 0.330 e. The van der Waals surface area contributed by atoms with Crippen LogP contribution in [0.4, 0.5) is 0 Å². The van der Waals surface area contributed by atoms with Gasteiger partial charge in [-0.2, -0.15) is 5.10 Å². The Hall–Kier alpha value is -0.920. The van der Waals surface area contributed by atoms with Crippen molar-refractivity contribution in [2.24, 2.45) is 12.8 Å². The molecule has 3 N–H and O–H groups in total. The molecule has 0 atom stereocenters. The van der Waals surface area contributed by atoms with Crippen molar-refractivity contribution >= 4 is 10.0 Å². The van der Waals surface area contributed by atoms with E-state index in [2.05, 4.69) is 9.82 Å². The van der Waals surface area contributed by atoms with Gasteiger partial charge in [0.25, 0.3) is 0 Å².